The second kappa shape index (κ2) is 19.5. The Hall–Kier alpha value is -6.41. The minimum atomic E-state index is -1.48. The number of benzene rings is 2. The highest BCUT2D eigenvalue weighted by molar-refractivity contribution is 7.14. The number of nitrogens with one attached hydrogen (secondary N) is 5. The first-order chi connectivity index (χ1) is 29.5. The molecule has 0 radical (unpaired) electrons. The van der Waals surface area contributed by atoms with Crippen LogP contribution in [0.3, 0.4) is 0 Å². The molecule has 1 aliphatic carbocycles. The Labute approximate surface area is 362 Å². The van der Waals surface area contributed by atoms with Crippen LogP contribution < -0.4 is 26.6 Å². The van der Waals surface area contributed by atoms with Crippen LogP contribution >= 0.6 is 11.3 Å². The number of nitrogens with zero attached hydrogens (tertiary/aromatic N) is 5. The minimum Gasteiger partial charge on any atom is -0.450 e. The minimum absolute atomic E-state index is 0.0111. The molecule has 2 fully saturated rings. The molecule has 19 nitrogen and oxygen atoms in total. The number of hydrogen-bond acceptors (Lipinski definition) is 15. The van der Waals surface area contributed by atoms with Gasteiger partial charge in [-0.05, 0) is 65.6 Å². The van der Waals surface area contributed by atoms with Gasteiger partial charge in [0.15, 0.2) is 16.9 Å². The molecule has 1 saturated heterocycles. The van der Waals surface area contributed by atoms with Crippen molar-refractivity contribution in [3.05, 3.63) is 94.8 Å². The maximum Gasteiger partial charge on any atom is 0.413 e. The van der Waals surface area contributed by atoms with Crippen molar-refractivity contribution < 1.29 is 43.0 Å². The van der Waals surface area contributed by atoms with Crippen molar-refractivity contribution in [2.24, 2.45) is 5.16 Å². The number of ether oxygens (including phenoxy) is 3. The number of β-lactam (4-membered cyclic amide) rings is 1. The van der Waals surface area contributed by atoms with Crippen LogP contribution in [0.2, 0.25) is 0 Å². The lowest BCUT2D eigenvalue weighted by Crippen LogP contribution is -2.70. The number of anilines is 1. The summed E-state index contributed by atoms with van der Waals surface area (Å²) >= 11 is 1.01. The fourth-order valence-electron chi connectivity index (χ4n) is 5.99. The molecule has 2 aromatic carbocycles. The quantitative estimate of drug-likeness (QED) is 0.0234. The molecule has 2 atom stereocenters. The summed E-state index contributed by atoms with van der Waals surface area (Å²) in [6, 6.07) is 17.0. The largest absolute Gasteiger partial charge is 0.450 e. The monoisotopic (exact) mass is 872 g/mol. The lowest BCUT2D eigenvalue weighted by molar-refractivity contribution is -0.164. The summed E-state index contributed by atoms with van der Waals surface area (Å²) in [5.41, 5.74) is -0.993. The molecule has 2 aromatic heterocycles. The van der Waals surface area contributed by atoms with Gasteiger partial charge in [-0.25, -0.2) is 19.4 Å². The first-order valence-electron chi connectivity index (χ1n) is 20.2. The van der Waals surface area contributed by atoms with Gasteiger partial charge in [-0.3, -0.25) is 14.9 Å². The maximum atomic E-state index is 14.0. The highest BCUT2D eigenvalue weighted by atomic mass is 32.1. The predicted octanol–water partition coefficient (Wildman–Crippen LogP) is 4.36. The molecular formula is C42H52N10O9S. The first-order valence-corrected chi connectivity index (χ1v) is 21.1. The summed E-state index contributed by atoms with van der Waals surface area (Å²) in [6.07, 6.45) is 0.843. The molecule has 20 heteroatoms. The number of aromatic nitrogens is 4. The fourth-order valence-corrected chi connectivity index (χ4v) is 6.68. The van der Waals surface area contributed by atoms with Crippen molar-refractivity contribution in [1.29, 1.82) is 0 Å². The Morgan fingerprint density at radius 1 is 0.935 bits per heavy atom. The molecule has 6 rings (SSSR count). The Morgan fingerprint density at radius 3 is 2.19 bits per heavy atom. The van der Waals surface area contributed by atoms with Crippen LogP contribution in [0.4, 0.5) is 14.7 Å². The van der Waals surface area contributed by atoms with Gasteiger partial charge in [0.05, 0.1) is 24.5 Å². The third kappa shape index (κ3) is 12.8. The Bertz CT molecular complexity index is 2190. The van der Waals surface area contributed by atoms with Crippen LogP contribution in [-0.2, 0) is 46.5 Å². The number of thiazole rings is 1. The number of alkyl carbamates (subject to hydrolysis) is 1. The standard InChI is InChI=1S/C42H52N10O9S/c1-40(2,3)59-38(56)44-21-13-20-43-22-28-23-45-52(50-28)24-29-31(34(53)46-29)48-35(54)32(30-25-62-37(47-30)49-39(57)60-41(4,5)6)51-61-42(18-19-42)36(55)58-33(26-14-9-7-10-15-26)27-16-11-8-12-17-27/h7-12,14-17,23,25,29,31,33,43H,13,18-22,24H2,1-6H3,(H,44,56)(H,46,53)(H,48,54)(H,47,49,57)/b51-32+/t29-,31+/m1/s1. The van der Waals surface area contributed by atoms with Crippen LogP contribution in [0, 0.1) is 0 Å². The second-order valence-electron chi connectivity index (χ2n) is 16.7. The zero-order chi connectivity index (χ0) is 44.5. The van der Waals surface area contributed by atoms with Crippen LogP contribution in [0.15, 0.2) is 77.4 Å². The zero-order valence-electron chi connectivity index (χ0n) is 35.4. The van der Waals surface area contributed by atoms with Gasteiger partial charge in [0, 0.05) is 31.3 Å². The average molecular weight is 873 g/mol. The van der Waals surface area contributed by atoms with Crippen LogP contribution in [0.1, 0.15) is 89.4 Å². The molecule has 4 amide bonds. The van der Waals surface area contributed by atoms with Gasteiger partial charge in [-0.15, -0.1) is 11.3 Å². The summed E-state index contributed by atoms with van der Waals surface area (Å²) in [7, 11) is 0. The molecule has 3 heterocycles. The van der Waals surface area contributed by atoms with Gasteiger partial charge in [0.25, 0.3) is 5.91 Å². The smallest absolute Gasteiger partial charge is 0.413 e. The van der Waals surface area contributed by atoms with E-state index in [4.69, 9.17) is 19.0 Å². The van der Waals surface area contributed by atoms with Crippen molar-refractivity contribution in [2.45, 2.75) is 109 Å². The molecule has 4 aromatic rings. The van der Waals surface area contributed by atoms with E-state index in [1.54, 1.807) is 47.7 Å². The van der Waals surface area contributed by atoms with Crippen molar-refractivity contribution in [3.63, 3.8) is 0 Å². The summed E-state index contributed by atoms with van der Waals surface area (Å²) < 4.78 is 16.6. The molecule has 2 aliphatic rings. The third-order valence-electron chi connectivity index (χ3n) is 9.13. The van der Waals surface area contributed by atoms with E-state index in [9.17, 15) is 24.0 Å². The molecule has 330 valence electrons. The summed E-state index contributed by atoms with van der Waals surface area (Å²) in [6.45, 7) is 12.1. The number of oxime groups is 1. The molecule has 0 bridgehead atoms. The lowest BCUT2D eigenvalue weighted by atomic mass is 9.98. The van der Waals surface area contributed by atoms with Gasteiger partial charge < -0.3 is 40.3 Å². The van der Waals surface area contributed by atoms with Crippen LogP contribution in [0.25, 0.3) is 0 Å². The predicted molar refractivity (Wildman–Crippen MR) is 227 cm³/mol. The van der Waals surface area contributed by atoms with E-state index in [0.717, 1.165) is 22.5 Å². The van der Waals surface area contributed by atoms with Crippen molar-refractivity contribution >= 4 is 52.2 Å². The van der Waals surface area contributed by atoms with E-state index in [1.807, 2.05) is 60.7 Å². The van der Waals surface area contributed by atoms with Gasteiger partial charge in [0.1, 0.15) is 22.9 Å². The van der Waals surface area contributed by atoms with Gasteiger partial charge in [-0.1, -0.05) is 65.8 Å². The average Bonchev–Trinajstić information content (AvgIpc) is 3.64. The lowest BCUT2D eigenvalue weighted by Gasteiger charge is -2.36. The number of carbonyl (C=O) groups excluding carboxylic acids is 5. The van der Waals surface area contributed by atoms with E-state index >= 15 is 0 Å². The van der Waals surface area contributed by atoms with Gasteiger partial charge in [0.2, 0.25) is 11.5 Å². The maximum absolute atomic E-state index is 14.0. The number of amides is 4. The fraction of sp³-hybridized carbons (Fsp3) is 0.452. The molecule has 0 unspecified atom stereocenters. The van der Waals surface area contributed by atoms with Crippen LogP contribution in [0.5, 0.6) is 0 Å². The van der Waals surface area contributed by atoms with E-state index in [-0.39, 0.29) is 35.9 Å². The SMILES string of the molecule is CC(C)(C)OC(=O)NCCCNCc1cnn(C[C@H]2NC(=O)[C@H]2NC(=O)/C(=N/OC2(C(=O)OC(c3ccccc3)c3ccccc3)CC2)c2csc(NC(=O)OC(C)(C)C)n2)n1. The highest BCUT2D eigenvalue weighted by Gasteiger charge is 2.56. The molecule has 1 aliphatic heterocycles. The molecule has 62 heavy (non-hydrogen) atoms. The number of hydrogen-bond donors (Lipinski definition) is 5. The number of carbonyl (C=O) groups is 5. The second-order valence-corrected chi connectivity index (χ2v) is 17.6. The summed E-state index contributed by atoms with van der Waals surface area (Å²) in [5, 5.41) is 28.5. The number of rotatable bonds is 18. The first kappa shape index (κ1) is 45.1. The summed E-state index contributed by atoms with van der Waals surface area (Å²) in [4.78, 5) is 76.7. The Balaban J connectivity index is 1.11. The van der Waals surface area contributed by atoms with Gasteiger partial charge in [-0.2, -0.15) is 15.0 Å². The van der Waals surface area contributed by atoms with Gasteiger partial charge >= 0.3 is 18.2 Å². The highest BCUT2D eigenvalue weighted by Crippen LogP contribution is 2.43. The molecule has 1 saturated carbocycles. The van der Waals surface area contributed by atoms with E-state index < -0.39 is 65.0 Å². The van der Waals surface area contributed by atoms with E-state index in [1.165, 1.54) is 10.2 Å². The molecule has 0 spiro atoms. The van der Waals surface area contributed by atoms with E-state index in [2.05, 4.69) is 46.9 Å². The summed E-state index contributed by atoms with van der Waals surface area (Å²) in [5.74, 6) is -1.93. The topological polar surface area (TPSA) is 238 Å². The normalized spacial score (nSPS) is 17.0. The van der Waals surface area contributed by atoms with Crippen molar-refractivity contribution in [1.82, 2.24) is 41.2 Å². The Morgan fingerprint density at radius 2 is 1.58 bits per heavy atom. The zero-order valence-corrected chi connectivity index (χ0v) is 36.2. The third-order valence-corrected chi connectivity index (χ3v) is 9.89. The van der Waals surface area contributed by atoms with E-state index in [0.29, 0.717) is 31.7 Å². The van der Waals surface area contributed by atoms with Crippen LogP contribution in [-0.4, -0.2) is 97.6 Å². The molecule has 5 N–H and O–H groups in total. The number of esters is 1. The Kier molecular flexibility index (Phi) is 14.2. The van der Waals surface area contributed by atoms with Crippen molar-refractivity contribution in [2.75, 3.05) is 18.4 Å². The molecular weight excluding hydrogens is 821 g/mol. The van der Waals surface area contributed by atoms with Crippen molar-refractivity contribution in [3.8, 4) is 0 Å².